The van der Waals surface area contributed by atoms with E-state index < -0.39 is 5.91 Å². The highest BCUT2D eigenvalue weighted by molar-refractivity contribution is 6.32. The van der Waals surface area contributed by atoms with Crippen molar-refractivity contribution in [1.82, 2.24) is 9.63 Å². The van der Waals surface area contributed by atoms with Gasteiger partial charge in [0.05, 0.1) is 5.57 Å². The molecule has 0 radical (unpaired) electrons. The molecule has 0 atom stereocenters. The molecule has 0 fully saturated rings. The third-order valence-corrected chi connectivity index (χ3v) is 5.06. The predicted molar refractivity (Wildman–Crippen MR) is 106 cm³/mol. The third kappa shape index (κ3) is 2.64. The van der Waals surface area contributed by atoms with Gasteiger partial charge in [0.15, 0.2) is 23.2 Å². The lowest BCUT2D eigenvalue weighted by Gasteiger charge is -2.22. The fourth-order valence-corrected chi connectivity index (χ4v) is 3.71. The van der Waals surface area contributed by atoms with Crippen LogP contribution in [0, 0.1) is 19.3 Å². The molecule has 3 aliphatic rings. The number of hydrogen-bond acceptors (Lipinski definition) is 5. The molecule has 8 nitrogen and oxygen atoms in total. The number of fused-ring (bicyclic) bond motifs is 2. The summed E-state index contributed by atoms with van der Waals surface area (Å²) >= 11 is 0. The molecule has 29 heavy (non-hydrogen) atoms. The molecule has 8 heteroatoms. The van der Waals surface area contributed by atoms with Gasteiger partial charge < -0.3 is 18.9 Å². The molecule has 0 unspecified atom stereocenters. The Morgan fingerprint density at radius 2 is 1.93 bits per heavy atom. The molecule has 3 aliphatic heterocycles. The van der Waals surface area contributed by atoms with Gasteiger partial charge in [-0.05, 0) is 50.6 Å². The van der Waals surface area contributed by atoms with Crippen LogP contribution in [-0.2, 0) is 9.63 Å². The summed E-state index contributed by atoms with van der Waals surface area (Å²) in [6.07, 6.45) is 3.32. The number of aliphatic imine (C=N–C) groups is 1. The van der Waals surface area contributed by atoms with E-state index in [9.17, 15) is 4.79 Å². The average Bonchev–Trinajstić information content (AvgIpc) is 3.35. The number of carbonyl (C=O) groups is 1. The Balaban J connectivity index is 1.55. The lowest BCUT2D eigenvalue weighted by Crippen LogP contribution is -2.38. The third-order valence-electron chi connectivity index (χ3n) is 5.06. The standard InChI is InChI=1S/C21H18N4O4/c1-11-6-14(8-16-20(22)25-19(23-21(16)26)7-12(2)29-25)13(3)24(11)15-4-5-17-18(9-15)28-10-27-17/h4-9,22H,10H2,1-3H3. The van der Waals surface area contributed by atoms with E-state index in [1.54, 1.807) is 19.1 Å². The maximum absolute atomic E-state index is 12.5. The number of ether oxygens (including phenoxy) is 2. The Labute approximate surface area is 166 Å². The first-order valence-electron chi connectivity index (χ1n) is 9.11. The zero-order valence-corrected chi connectivity index (χ0v) is 16.1. The van der Waals surface area contributed by atoms with Crippen molar-refractivity contribution in [3.63, 3.8) is 0 Å². The number of benzene rings is 1. The zero-order chi connectivity index (χ0) is 20.3. The Hall–Kier alpha value is -3.81. The molecule has 4 heterocycles. The molecule has 1 amide bonds. The van der Waals surface area contributed by atoms with Crippen LogP contribution in [0.1, 0.15) is 23.9 Å². The minimum absolute atomic E-state index is 0.0269. The number of amidine groups is 2. The average molecular weight is 390 g/mol. The molecular formula is C21H18N4O4. The number of allylic oxidation sites excluding steroid dienone is 1. The first-order chi connectivity index (χ1) is 13.9. The van der Waals surface area contributed by atoms with E-state index in [0.717, 1.165) is 28.4 Å². The SMILES string of the molecule is CC1=CC2=NC(=O)C(=Cc3cc(C)n(-c4ccc5c(c4)OCO5)c3C)C(=N)N2O1. The van der Waals surface area contributed by atoms with Crippen LogP contribution in [-0.4, -0.2) is 34.0 Å². The van der Waals surface area contributed by atoms with Crippen LogP contribution >= 0.6 is 0 Å². The molecule has 146 valence electrons. The van der Waals surface area contributed by atoms with Crippen molar-refractivity contribution in [3.8, 4) is 17.2 Å². The van der Waals surface area contributed by atoms with E-state index in [2.05, 4.69) is 9.56 Å². The number of nitrogens with zero attached hydrogens (tertiary/aromatic N) is 3. The molecule has 0 spiro atoms. The minimum atomic E-state index is -0.455. The molecule has 0 bridgehead atoms. The van der Waals surface area contributed by atoms with Crippen LogP contribution in [0.3, 0.4) is 0 Å². The van der Waals surface area contributed by atoms with Gasteiger partial charge in [0.25, 0.3) is 5.91 Å². The van der Waals surface area contributed by atoms with E-state index >= 15 is 0 Å². The molecule has 2 aromatic rings. The van der Waals surface area contributed by atoms with Gasteiger partial charge in [0, 0.05) is 29.2 Å². The summed E-state index contributed by atoms with van der Waals surface area (Å²) in [5, 5.41) is 9.65. The number of hydrogen-bond donors (Lipinski definition) is 1. The topological polar surface area (TPSA) is 89.1 Å². The minimum Gasteiger partial charge on any atom is -0.454 e. The first-order valence-corrected chi connectivity index (χ1v) is 9.11. The highest BCUT2D eigenvalue weighted by Gasteiger charge is 2.34. The Bertz CT molecular complexity index is 1190. The van der Waals surface area contributed by atoms with Crippen molar-refractivity contribution in [2.75, 3.05) is 6.79 Å². The van der Waals surface area contributed by atoms with E-state index in [4.69, 9.17) is 19.7 Å². The van der Waals surface area contributed by atoms with Crippen molar-refractivity contribution in [3.05, 3.63) is 58.6 Å². The summed E-state index contributed by atoms with van der Waals surface area (Å²) in [6, 6.07) is 7.74. The second-order valence-corrected chi connectivity index (χ2v) is 7.02. The van der Waals surface area contributed by atoms with Crippen molar-refractivity contribution < 1.29 is 19.1 Å². The summed E-state index contributed by atoms with van der Waals surface area (Å²) in [6.45, 7) is 5.93. The number of aromatic nitrogens is 1. The molecule has 0 saturated heterocycles. The summed E-state index contributed by atoms with van der Waals surface area (Å²) in [5.74, 6) is 1.87. The fraction of sp³-hybridized carbons (Fsp3) is 0.190. The second kappa shape index (κ2) is 6.10. The highest BCUT2D eigenvalue weighted by atomic mass is 16.7. The van der Waals surface area contributed by atoms with Crippen LogP contribution in [0.15, 0.2) is 46.7 Å². The summed E-state index contributed by atoms with van der Waals surface area (Å²) in [5.41, 5.74) is 3.86. The zero-order valence-electron chi connectivity index (χ0n) is 16.1. The smallest absolute Gasteiger partial charge is 0.282 e. The van der Waals surface area contributed by atoms with Crippen LogP contribution in [0.2, 0.25) is 0 Å². The van der Waals surface area contributed by atoms with Gasteiger partial charge in [0.1, 0.15) is 5.76 Å². The summed E-state index contributed by atoms with van der Waals surface area (Å²) in [4.78, 5) is 22.0. The number of rotatable bonds is 2. The van der Waals surface area contributed by atoms with Crippen LogP contribution in [0.4, 0.5) is 0 Å². The number of aryl methyl sites for hydroxylation is 1. The lowest BCUT2D eigenvalue weighted by atomic mass is 10.1. The van der Waals surface area contributed by atoms with Gasteiger partial charge in [-0.15, -0.1) is 5.06 Å². The van der Waals surface area contributed by atoms with Gasteiger partial charge in [-0.2, -0.15) is 4.99 Å². The fourth-order valence-electron chi connectivity index (χ4n) is 3.71. The normalized spacial score (nSPS) is 18.7. The Morgan fingerprint density at radius 3 is 2.76 bits per heavy atom. The number of hydroxylamine groups is 2. The Morgan fingerprint density at radius 1 is 1.14 bits per heavy atom. The van der Waals surface area contributed by atoms with Crippen molar-refractivity contribution in [2.24, 2.45) is 4.99 Å². The predicted octanol–water partition coefficient (Wildman–Crippen LogP) is 3.27. The van der Waals surface area contributed by atoms with Gasteiger partial charge in [-0.3, -0.25) is 10.2 Å². The molecule has 1 aromatic carbocycles. The van der Waals surface area contributed by atoms with Gasteiger partial charge >= 0.3 is 0 Å². The second-order valence-electron chi connectivity index (χ2n) is 7.02. The largest absolute Gasteiger partial charge is 0.454 e. The molecule has 0 saturated carbocycles. The van der Waals surface area contributed by atoms with Gasteiger partial charge in [-0.25, -0.2) is 0 Å². The van der Waals surface area contributed by atoms with Gasteiger partial charge in [0.2, 0.25) is 6.79 Å². The molecule has 1 aromatic heterocycles. The molecule has 0 aliphatic carbocycles. The monoisotopic (exact) mass is 390 g/mol. The van der Waals surface area contributed by atoms with E-state index in [1.807, 2.05) is 38.1 Å². The maximum atomic E-state index is 12.5. The Kier molecular flexibility index (Phi) is 3.64. The molecular weight excluding hydrogens is 372 g/mol. The first kappa shape index (κ1) is 17.3. The van der Waals surface area contributed by atoms with Crippen LogP contribution < -0.4 is 9.47 Å². The van der Waals surface area contributed by atoms with Gasteiger partial charge in [-0.1, -0.05) is 0 Å². The van der Waals surface area contributed by atoms with Crippen molar-refractivity contribution in [2.45, 2.75) is 20.8 Å². The lowest BCUT2D eigenvalue weighted by molar-refractivity contribution is -0.114. The van der Waals surface area contributed by atoms with E-state index in [-0.39, 0.29) is 18.2 Å². The van der Waals surface area contributed by atoms with E-state index in [1.165, 1.54) is 5.06 Å². The van der Waals surface area contributed by atoms with Crippen LogP contribution in [0.5, 0.6) is 11.5 Å². The maximum Gasteiger partial charge on any atom is 0.282 e. The number of carbonyl (C=O) groups excluding carboxylic acids is 1. The molecule has 1 N–H and O–H groups in total. The summed E-state index contributed by atoms with van der Waals surface area (Å²) < 4.78 is 12.9. The van der Waals surface area contributed by atoms with Crippen molar-refractivity contribution in [1.29, 1.82) is 5.41 Å². The van der Waals surface area contributed by atoms with Crippen molar-refractivity contribution >= 4 is 23.7 Å². The quantitative estimate of drug-likeness (QED) is 0.795. The number of nitrogens with one attached hydrogen (secondary N) is 1. The number of amides is 1. The molecule has 5 rings (SSSR count). The van der Waals surface area contributed by atoms with E-state index in [0.29, 0.717) is 17.3 Å². The van der Waals surface area contributed by atoms with Crippen LogP contribution in [0.25, 0.3) is 11.8 Å². The summed E-state index contributed by atoms with van der Waals surface area (Å²) in [7, 11) is 0. The highest BCUT2D eigenvalue weighted by Crippen LogP contribution is 2.35.